The van der Waals surface area contributed by atoms with Crippen LogP contribution in [0.4, 0.5) is 4.39 Å². The fraction of sp³-hybridized carbons (Fsp3) is 0.562. The van der Waals surface area contributed by atoms with Crippen molar-refractivity contribution in [3.63, 3.8) is 0 Å². The summed E-state index contributed by atoms with van der Waals surface area (Å²) < 4.78 is 13.4. The molecule has 1 aromatic rings. The Bertz CT molecular complexity index is 392. The first-order valence-electron chi connectivity index (χ1n) is 7.17. The highest BCUT2D eigenvalue weighted by atomic mass is 19.1. The molecule has 0 fully saturated rings. The standard InChI is InChI=1S/C16H24FNO/c1-3-5-8-13(4-2)12-18-16(19)11-14-9-6-7-10-15(14)17/h6-7,9-10,13H,3-5,8,11-12H2,1-2H3,(H,18,19). The summed E-state index contributed by atoms with van der Waals surface area (Å²) in [6.07, 6.45) is 4.71. The first kappa shape index (κ1) is 15.7. The summed E-state index contributed by atoms with van der Waals surface area (Å²) in [6.45, 7) is 5.01. The number of nitrogens with one attached hydrogen (secondary N) is 1. The van der Waals surface area contributed by atoms with Crippen LogP contribution in [0, 0.1) is 11.7 Å². The molecule has 1 rings (SSSR count). The van der Waals surface area contributed by atoms with Gasteiger partial charge in [0.25, 0.3) is 0 Å². The largest absolute Gasteiger partial charge is 0.356 e. The van der Waals surface area contributed by atoms with E-state index < -0.39 is 0 Å². The molecular formula is C16H24FNO. The van der Waals surface area contributed by atoms with Crippen molar-refractivity contribution in [3.8, 4) is 0 Å². The Balaban J connectivity index is 2.37. The van der Waals surface area contributed by atoms with Crippen molar-refractivity contribution >= 4 is 5.91 Å². The Morgan fingerprint density at radius 1 is 1.32 bits per heavy atom. The van der Waals surface area contributed by atoms with Crippen molar-refractivity contribution in [3.05, 3.63) is 35.6 Å². The zero-order chi connectivity index (χ0) is 14.1. The van der Waals surface area contributed by atoms with Crippen LogP contribution < -0.4 is 5.32 Å². The van der Waals surface area contributed by atoms with Crippen LogP contribution in [0.3, 0.4) is 0 Å². The summed E-state index contributed by atoms with van der Waals surface area (Å²) in [7, 11) is 0. The van der Waals surface area contributed by atoms with Crippen LogP contribution in [0.2, 0.25) is 0 Å². The van der Waals surface area contributed by atoms with Crippen LogP contribution in [0.5, 0.6) is 0 Å². The van der Waals surface area contributed by atoms with Gasteiger partial charge in [-0.15, -0.1) is 0 Å². The van der Waals surface area contributed by atoms with Crippen molar-refractivity contribution in [2.45, 2.75) is 46.0 Å². The monoisotopic (exact) mass is 265 g/mol. The lowest BCUT2D eigenvalue weighted by molar-refractivity contribution is -0.120. The van der Waals surface area contributed by atoms with Crippen molar-refractivity contribution in [2.75, 3.05) is 6.54 Å². The van der Waals surface area contributed by atoms with E-state index in [1.54, 1.807) is 18.2 Å². The fourth-order valence-corrected chi connectivity index (χ4v) is 2.08. The predicted octanol–water partition coefficient (Wildman–Crippen LogP) is 3.70. The van der Waals surface area contributed by atoms with Gasteiger partial charge in [-0.1, -0.05) is 51.3 Å². The molecule has 0 aliphatic carbocycles. The Hall–Kier alpha value is -1.38. The summed E-state index contributed by atoms with van der Waals surface area (Å²) >= 11 is 0. The molecule has 0 spiro atoms. The highest BCUT2D eigenvalue weighted by Crippen LogP contribution is 2.11. The van der Waals surface area contributed by atoms with E-state index in [4.69, 9.17) is 0 Å². The van der Waals surface area contributed by atoms with Crippen molar-refractivity contribution in [1.82, 2.24) is 5.32 Å². The zero-order valence-corrected chi connectivity index (χ0v) is 11.9. The molecule has 0 aromatic heterocycles. The molecule has 0 radical (unpaired) electrons. The van der Waals surface area contributed by atoms with E-state index in [2.05, 4.69) is 19.2 Å². The van der Waals surface area contributed by atoms with Gasteiger partial charge in [-0.2, -0.15) is 0 Å². The Morgan fingerprint density at radius 3 is 2.68 bits per heavy atom. The number of unbranched alkanes of at least 4 members (excludes halogenated alkanes) is 1. The molecule has 2 nitrogen and oxygen atoms in total. The molecule has 1 N–H and O–H groups in total. The molecule has 0 aliphatic heterocycles. The quantitative estimate of drug-likeness (QED) is 0.763. The molecule has 0 bridgehead atoms. The van der Waals surface area contributed by atoms with Gasteiger partial charge < -0.3 is 5.32 Å². The minimum atomic E-state index is -0.310. The normalized spacial score (nSPS) is 12.2. The van der Waals surface area contributed by atoms with E-state index in [-0.39, 0.29) is 18.1 Å². The number of hydrogen-bond donors (Lipinski definition) is 1. The van der Waals surface area contributed by atoms with Crippen LogP contribution in [0.15, 0.2) is 24.3 Å². The molecule has 106 valence electrons. The predicted molar refractivity (Wildman–Crippen MR) is 76.4 cm³/mol. The molecule has 1 amide bonds. The van der Waals surface area contributed by atoms with Gasteiger partial charge in [0.2, 0.25) is 5.91 Å². The maximum absolute atomic E-state index is 13.4. The summed E-state index contributed by atoms with van der Waals surface area (Å²) in [5.41, 5.74) is 0.460. The number of amides is 1. The molecule has 1 atom stereocenters. The second-order valence-electron chi connectivity index (χ2n) is 4.99. The van der Waals surface area contributed by atoms with E-state index in [1.807, 2.05) is 0 Å². The molecule has 0 saturated heterocycles. The van der Waals surface area contributed by atoms with Crippen molar-refractivity contribution < 1.29 is 9.18 Å². The molecule has 0 aliphatic rings. The number of hydrogen-bond acceptors (Lipinski definition) is 1. The van der Waals surface area contributed by atoms with E-state index in [9.17, 15) is 9.18 Å². The van der Waals surface area contributed by atoms with Gasteiger partial charge >= 0.3 is 0 Å². The van der Waals surface area contributed by atoms with E-state index in [0.717, 1.165) is 12.8 Å². The number of carbonyl (C=O) groups excluding carboxylic acids is 1. The molecule has 3 heteroatoms. The van der Waals surface area contributed by atoms with Gasteiger partial charge in [0.1, 0.15) is 5.82 Å². The van der Waals surface area contributed by atoms with Gasteiger partial charge in [-0.25, -0.2) is 4.39 Å². The third-order valence-corrected chi connectivity index (χ3v) is 3.44. The highest BCUT2D eigenvalue weighted by molar-refractivity contribution is 5.78. The molecule has 0 saturated carbocycles. The zero-order valence-electron chi connectivity index (χ0n) is 11.9. The lowest BCUT2D eigenvalue weighted by Gasteiger charge is -2.15. The van der Waals surface area contributed by atoms with Gasteiger partial charge in [-0.05, 0) is 24.0 Å². The minimum Gasteiger partial charge on any atom is -0.356 e. The van der Waals surface area contributed by atoms with Gasteiger partial charge in [0, 0.05) is 6.54 Å². The van der Waals surface area contributed by atoms with Crippen LogP contribution in [0.25, 0.3) is 0 Å². The second-order valence-corrected chi connectivity index (χ2v) is 4.99. The van der Waals surface area contributed by atoms with Crippen LogP contribution in [-0.4, -0.2) is 12.5 Å². The number of halogens is 1. The first-order valence-corrected chi connectivity index (χ1v) is 7.17. The minimum absolute atomic E-state index is 0.0972. The fourth-order valence-electron chi connectivity index (χ4n) is 2.08. The van der Waals surface area contributed by atoms with E-state index in [1.165, 1.54) is 18.9 Å². The van der Waals surface area contributed by atoms with E-state index >= 15 is 0 Å². The SMILES string of the molecule is CCCCC(CC)CNC(=O)Cc1ccccc1F. The Kier molecular flexibility index (Phi) is 7.16. The van der Waals surface area contributed by atoms with Gasteiger partial charge in [0.15, 0.2) is 0 Å². The Labute approximate surface area is 115 Å². The molecule has 0 heterocycles. The molecule has 1 unspecified atom stereocenters. The third kappa shape index (κ3) is 5.86. The lowest BCUT2D eigenvalue weighted by atomic mass is 9.99. The summed E-state index contributed by atoms with van der Waals surface area (Å²) in [5, 5.41) is 2.91. The van der Waals surface area contributed by atoms with Gasteiger partial charge in [0.05, 0.1) is 6.42 Å². The highest BCUT2D eigenvalue weighted by Gasteiger charge is 2.10. The Morgan fingerprint density at radius 2 is 2.05 bits per heavy atom. The molecule has 1 aromatic carbocycles. The van der Waals surface area contributed by atoms with Crippen molar-refractivity contribution in [1.29, 1.82) is 0 Å². The topological polar surface area (TPSA) is 29.1 Å². The van der Waals surface area contributed by atoms with Crippen LogP contribution >= 0.6 is 0 Å². The van der Waals surface area contributed by atoms with Crippen LogP contribution in [0.1, 0.15) is 45.1 Å². The number of benzene rings is 1. The maximum Gasteiger partial charge on any atom is 0.224 e. The number of rotatable bonds is 8. The van der Waals surface area contributed by atoms with Gasteiger partial charge in [-0.3, -0.25) is 4.79 Å². The molecule has 19 heavy (non-hydrogen) atoms. The average molecular weight is 265 g/mol. The van der Waals surface area contributed by atoms with E-state index in [0.29, 0.717) is 18.0 Å². The molecular weight excluding hydrogens is 241 g/mol. The van der Waals surface area contributed by atoms with Crippen LogP contribution in [-0.2, 0) is 11.2 Å². The summed E-state index contributed by atoms with van der Waals surface area (Å²) in [6, 6.07) is 6.43. The average Bonchev–Trinajstić information content (AvgIpc) is 2.41. The summed E-state index contributed by atoms with van der Waals surface area (Å²) in [5.74, 6) is 0.125. The third-order valence-electron chi connectivity index (χ3n) is 3.44. The number of carbonyl (C=O) groups is 1. The maximum atomic E-state index is 13.4. The summed E-state index contributed by atoms with van der Waals surface area (Å²) in [4.78, 5) is 11.8. The second kappa shape index (κ2) is 8.68. The van der Waals surface area contributed by atoms with Crippen molar-refractivity contribution in [2.24, 2.45) is 5.92 Å². The lowest BCUT2D eigenvalue weighted by Crippen LogP contribution is -2.30. The smallest absolute Gasteiger partial charge is 0.224 e. The first-order chi connectivity index (χ1) is 9.17.